The van der Waals surface area contributed by atoms with Crippen LogP contribution in [0.1, 0.15) is 44.4 Å². The van der Waals surface area contributed by atoms with Crippen molar-refractivity contribution < 1.29 is 23.4 Å². The second-order valence-electron chi connectivity index (χ2n) is 9.30. The maximum atomic E-state index is 13.9. The third kappa shape index (κ3) is 3.83. The molecule has 0 bridgehead atoms. The van der Waals surface area contributed by atoms with Crippen LogP contribution in [0.25, 0.3) is 11.0 Å². The Morgan fingerprint density at radius 2 is 1.84 bits per heavy atom. The predicted molar refractivity (Wildman–Crippen MR) is 138 cm³/mol. The predicted octanol–water partition coefficient (Wildman–Crippen LogP) is 5.45. The van der Waals surface area contributed by atoms with Gasteiger partial charge in [-0.2, -0.15) is 0 Å². The normalized spacial score (nSPS) is 15.8. The first kappa shape index (κ1) is 22.9. The summed E-state index contributed by atoms with van der Waals surface area (Å²) in [5.41, 5.74) is 4.11. The van der Waals surface area contributed by atoms with Crippen molar-refractivity contribution in [2.75, 3.05) is 13.4 Å². The lowest BCUT2D eigenvalue weighted by molar-refractivity contribution is 0.0714. The molecule has 7 heteroatoms. The van der Waals surface area contributed by atoms with Crippen LogP contribution in [0.15, 0.2) is 76.5 Å². The fourth-order valence-corrected chi connectivity index (χ4v) is 4.95. The molecule has 3 aromatic carbocycles. The van der Waals surface area contributed by atoms with Gasteiger partial charge in [-0.25, -0.2) is 0 Å². The molecule has 37 heavy (non-hydrogen) atoms. The SMILES string of the molecule is C=CCOc1cccc(C2c3c(oc4cc(C)c(C)cc4c3=O)C(=O)N2Cc2ccc3c(c2)OCO3)c1. The second-order valence-corrected chi connectivity index (χ2v) is 9.30. The van der Waals surface area contributed by atoms with Crippen LogP contribution >= 0.6 is 0 Å². The number of carbonyl (C=O) groups excluding carboxylic acids is 1. The van der Waals surface area contributed by atoms with Crippen LogP contribution in [0.2, 0.25) is 0 Å². The first-order chi connectivity index (χ1) is 17.9. The number of fused-ring (bicyclic) bond motifs is 3. The van der Waals surface area contributed by atoms with Gasteiger partial charge in [-0.05, 0) is 72.5 Å². The lowest BCUT2D eigenvalue weighted by Crippen LogP contribution is -2.29. The summed E-state index contributed by atoms with van der Waals surface area (Å²) in [6.45, 7) is 8.36. The van der Waals surface area contributed by atoms with Crippen LogP contribution in [0.4, 0.5) is 0 Å². The van der Waals surface area contributed by atoms with Crippen molar-refractivity contribution in [1.29, 1.82) is 0 Å². The molecule has 2 aliphatic rings. The third-order valence-electron chi connectivity index (χ3n) is 6.91. The van der Waals surface area contributed by atoms with Crippen LogP contribution in [-0.2, 0) is 6.54 Å². The summed E-state index contributed by atoms with van der Waals surface area (Å²) in [4.78, 5) is 29.4. The highest BCUT2D eigenvalue weighted by atomic mass is 16.7. The molecule has 0 fully saturated rings. The zero-order valence-corrected chi connectivity index (χ0v) is 20.6. The van der Waals surface area contributed by atoms with E-state index in [-0.39, 0.29) is 30.4 Å². The highest BCUT2D eigenvalue weighted by molar-refractivity contribution is 5.99. The molecule has 1 amide bonds. The topological polar surface area (TPSA) is 78.2 Å². The van der Waals surface area contributed by atoms with E-state index in [2.05, 4.69) is 6.58 Å². The molecule has 3 heterocycles. The van der Waals surface area contributed by atoms with E-state index in [9.17, 15) is 9.59 Å². The van der Waals surface area contributed by atoms with Crippen LogP contribution in [0.3, 0.4) is 0 Å². The number of hydrogen-bond donors (Lipinski definition) is 0. The molecule has 7 nitrogen and oxygen atoms in total. The third-order valence-corrected chi connectivity index (χ3v) is 6.91. The van der Waals surface area contributed by atoms with Gasteiger partial charge in [-0.15, -0.1) is 0 Å². The van der Waals surface area contributed by atoms with Crippen molar-refractivity contribution in [1.82, 2.24) is 4.90 Å². The summed E-state index contributed by atoms with van der Waals surface area (Å²) in [6.07, 6.45) is 1.66. The molecular weight excluding hydrogens is 470 g/mol. The Labute approximate surface area is 213 Å². The molecular formula is C30H25NO6. The van der Waals surface area contributed by atoms with Gasteiger partial charge in [0.25, 0.3) is 5.91 Å². The summed E-state index contributed by atoms with van der Waals surface area (Å²) >= 11 is 0. The first-order valence-electron chi connectivity index (χ1n) is 12.1. The zero-order chi connectivity index (χ0) is 25.7. The Hall–Kier alpha value is -4.52. The number of rotatable bonds is 6. The van der Waals surface area contributed by atoms with Gasteiger partial charge in [-0.1, -0.05) is 30.9 Å². The van der Waals surface area contributed by atoms with Gasteiger partial charge in [0, 0.05) is 6.54 Å². The number of benzene rings is 3. The molecule has 0 N–H and O–H groups in total. The number of hydrogen-bond acceptors (Lipinski definition) is 6. The monoisotopic (exact) mass is 495 g/mol. The summed E-state index contributed by atoms with van der Waals surface area (Å²) in [5, 5.41) is 0.462. The fraction of sp³-hybridized carbons (Fsp3) is 0.200. The van der Waals surface area contributed by atoms with Gasteiger partial charge in [0.2, 0.25) is 12.6 Å². The van der Waals surface area contributed by atoms with E-state index in [0.29, 0.717) is 40.4 Å². The van der Waals surface area contributed by atoms with Gasteiger partial charge in [0.05, 0.1) is 17.0 Å². The van der Waals surface area contributed by atoms with E-state index in [1.165, 1.54) is 0 Å². The zero-order valence-electron chi connectivity index (χ0n) is 20.6. The molecule has 0 spiro atoms. The molecule has 0 radical (unpaired) electrons. The fourth-order valence-electron chi connectivity index (χ4n) is 4.95. The largest absolute Gasteiger partial charge is 0.490 e. The lowest BCUT2D eigenvalue weighted by atomic mass is 9.97. The van der Waals surface area contributed by atoms with E-state index >= 15 is 0 Å². The molecule has 0 aliphatic carbocycles. The van der Waals surface area contributed by atoms with Crippen LogP contribution in [0, 0.1) is 13.8 Å². The molecule has 0 saturated heterocycles. The van der Waals surface area contributed by atoms with Crippen molar-refractivity contribution in [3.05, 3.63) is 111 Å². The van der Waals surface area contributed by atoms with Gasteiger partial charge in [-0.3, -0.25) is 9.59 Å². The smallest absolute Gasteiger partial charge is 0.291 e. The molecule has 1 aromatic heterocycles. The number of nitrogens with zero attached hydrogens (tertiary/aromatic N) is 1. The van der Waals surface area contributed by atoms with Gasteiger partial charge >= 0.3 is 0 Å². The highest BCUT2D eigenvalue weighted by Gasteiger charge is 2.43. The van der Waals surface area contributed by atoms with Crippen LogP contribution in [0.5, 0.6) is 17.2 Å². The summed E-state index contributed by atoms with van der Waals surface area (Å²) < 4.78 is 22.9. The Bertz CT molecular complexity index is 1640. The van der Waals surface area contributed by atoms with E-state index < -0.39 is 6.04 Å². The van der Waals surface area contributed by atoms with Crippen molar-refractivity contribution in [2.24, 2.45) is 0 Å². The van der Waals surface area contributed by atoms with Gasteiger partial charge in [0.15, 0.2) is 16.9 Å². The second kappa shape index (κ2) is 8.85. The minimum atomic E-state index is -0.650. The molecule has 2 aliphatic heterocycles. The quantitative estimate of drug-likeness (QED) is 0.331. The van der Waals surface area contributed by atoms with Crippen molar-refractivity contribution >= 4 is 16.9 Å². The average molecular weight is 496 g/mol. The molecule has 4 aromatic rings. The standard InChI is InChI=1S/C30H25NO6/c1-4-10-34-21-7-5-6-20(14-21)27-26-28(32)22-11-17(2)18(3)12-24(22)37-29(26)30(33)31(27)15-19-8-9-23-25(13-19)36-16-35-23/h4-9,11-14,27H,1,10,15-16H2,2-3H3. The number of ether oxygens (including phenoxy) is 3. The van der Waals surface area contributed by atoms with Crippen LogP contribution in [-0.4, -0.2) is 24.2 Å². The van der Waals surface area contributed by atoms with E-state index in [1.807, 2.05) is 68.4 Å². The Balaban J connectivity index is 1.51. The average Bonchev–Trinajstić information content (AvgIpc) is 3.47. The van der Waals surface area contributed by atoms with E-state index in [4.69, 9.17) is 18.6 Å². The first-order valence-corrected chi connectivity index (χ1v) is 12.1. The number of carbonyl (C=O) groups is 1. The van der Waals surface area contributed by atoms with E-state index in [1.54, 1.807) is 11.0 Å². The van der Waals surface area contributed by atoms with Crippen molar-refractivity contribution in [3.8, 4) is 17.2 Å². The van der Waals surface area contributed by atoms with Gasteiger partial charge in [0.1, 0.15) is 17.9 Å². The lowest BCUT2D eigenvalue weighted by Gasteiger charge is -2.25. The molecule has 6 rings (SSSR count). The van der Waals surface area contributed by atoms with Gasteiger partial charge < -0.3 is 23.5 Å². The minimum absolute atomic E-state index is 0.0731. The maximum Gasteiger partial charge on any atom is 0.291 e. The summed E-state index contributed by atoms with van der Waals surface area (Å²) in [7, 11) is 0. The summed E-state index contributed by atoms with van der Waals surface area (Å²) in [5.74, 6) is 1.65. The van der Waals surface area contributed by atoms with Crippen molar-refractivity contribution in [2.45, 2.75) is 26.4 Å². The Morgan fingerprint density at radius 1 is 1.03 bits per heavy atom. The highest BCUT2D eigenvalue weighted by Crippen LogP contribution is 2.41. The Morgan fingerprint density at radius 3 is 2.68 bits per heavy atom. The maximum absolute atomic E-state index is 13.9. The molecule has 1 unspecified atom stereocenters. The Kier molecular flexibility index (Phi) is 5.48. The summed E-state index contributed by atoms with van der Waals surface area (Å²) in [6, 6.07) is 16.0. The minimum Gasteiger partial charge on any atom is -0.490 e. The number of aryl methyl sites for hydroxylation is 2. The molecule has 0 saturated carbocycles. The van der Waals surface area contributed by atoms with E-state index in [0.717, 1.165) is 22.3 Å². The van der Waals surface area contributed by atoms with Crippen molar-refractivity contribution in [3.63, 3.8) is 0 Å². The van der Waals surface area contributed by atoms with Crippen LogP contribution < -0.4 is 19.6 Å². The number of amides is 1. The molecule has 1 atom stereocenters. The molecule has 186 valence electrons.